The number of aromatic amines is 1. The average Bonchev–Trinajstić information content (AvgIpc) is 3.36. The number of aromatic nitrogens is 2. The highest BCUT2D eigenvalue weighted by molar-refractivity contribution is 7.12. The van der Waals surface area contributed by atoms with Gasteiger partial charge in [0, 0.05) is 17.8 Å². The molecule has 0 aliphatic carbocycles. The number of nitrogens with zero attached hydrogens (tertiary/aromatic N) is 1. The van der Waals surface area contributed by atoms with Crippen LogP contribution >= 0.6 is 11.3 Å². The fourth-order valence-electron chi connectivity index (χ4n) is 2.73. The predicted octanol–water partition coefficient (Wildman–Crippen LogP) is 4.18. The zero-order valence-electron chi connectivity index (χ0n) is 14.4. The topological polar surface area (TPSA) is 79.0 Å². The first-order valence-electron chi connectivity index (χ1n) is 8.54. The number of carbonyl (C=O) groups excluding carboxylic acids is 1. The van der Waals surface area contributed by atoms with E-state index in [-0.39, 0.29) is 5.91 Å². The van der Waals surface area contributed by atoms with Gasteiger partial charge in [0.15, 0.2) is 0 Å². The summed E-state index contributed by atoms with van der Waals surface area (Å²) in [6.07, 6.45) is 3.57. The van der Waals surface area contributed by atoms with Gasteiger partial charge in [0.05, 0.1) is 17.9 Å². The van der Waals surface area contributed by atoms with Crippen LogP contribution < -0.4 is 15.4 Å². The van der Waals surface area contributed by atoms with Gasteiger partial charge in [-0.3, -0.25) is 4.79 Å². The fourth-order valence-corrected chi connectivity index (χ4v) is 3.49. The van der Waals surface area contributed by atoms with E-state index in [2.05, 4.69) is 20.6 Å². The Kier molecular flexibility index (Phi) is 5.02. The van der Waals surface area contributed by atoms with Crippen LogP contribution in [-0.4, -0.2) is 29.0 Å². The van der Waals surface area contributed by atoms with Crippen molar-refractivity contribution in [2.24, 2.45) is 0 Å². The summed E-state index contributed by atoms with van der Waals surface area (Å²) in [5, 5.41) is 9.11. The molecule has 0 saturated carbocycles. The van der Waals surface area contributed by atoms with Crippen molar-refractivity contribution in [1.82, 2.24) is 15.3 Å². The van der Waals surface area contributed by atoms with Crippen LogP contribution in [0, 0.1) is 0 Å². The molecule has 0 saturated heterocycles. The number of para-hydroxylation sites is 1. The van der Waals surface area contributed by atoms with E-state index < -0.39 is 0 Å². The summed E-state index contributed by atoms with van der Waals surface area (Å²) in [6, 6.07) is 15.3. The molecular formula is C20H18N4O2S. The summed E-state index contributed by atoms with van der Waals surface area (Å²) in [5.74, 6) is 0.668. The number of carbonyl (C=O) groups is 1. The van der Waals surface area contributed by atoms with Crippen LogP contribution in [0.25, 0.3) is 11.0 Å². The minimum Gasteiger partial charge on any atom is -0.492 e. The Balaban J connectivity index is 1.38. The van der Waals surface area contributed by atoms with Gasteiger partial charge in [-0.05, 0) is 35.7 Å². The number of thiophene rings is 1. The third-order valence-electron chi connectivity index (χ3n) is 4.00. The second kappa shape index (κ2) is 7.92. The third-order valence-corrected chi connectivity index (χ3v) is 4.91. The number of hydrogen-bond acceptors (Lipinski definition) is 5. The van der Waals surface area contributed by atoms with Crippen LogP contribution in [-0.2, 0) is 0 Å². The van der Waals surface area contributed by atoms with Gasteiger partial charge in [-0.1, -0.05) is 18.2 Å². The number of rotatable bonds is 7. The highest BCUT2D eigenvalue weighted by Crippen LogP contribution is 2.29. The van der Waals surface area contributed by atoms with Gasteiger partial charge in [0.1, 0.15) is 22.9 Å². The fraction of sp³-hybridized carbons (Fsp3) is 0.100. The molecule has 0 radical (unpaired) electrons. The number of fused-ring (bicyclic) bond motifs is 1. The van der Waals surface area contributed by atoms with Crippen molar-refractivity contribution in [2.75, 3.05) is 18.5 Å². The molecule has 3 heterocycles. The van der Waals surface area contributed by atoms with Crippen molar-refractivity contribution >= 4 is 39.7 Å². The number of amides is 1. The van der Waals surface area contributed by atoms with Crippen molar-refractivity contribution in [3.63, 3.8) is 0 Å². The van der Waals surface area contributed by atoms with Crippen molar-refractivity contribution < 1.29 is 9.53 Å². The quantitative estimate of drug-likeness (QED) is 0.422. The van der Waals surface area contributed by atoms with Gasteiger partial charge in [0.2, 0.25) is 0 Å². The number of nitrogens with one attached hydrogen (secondary N) is 3. The number of benzene rings is 1. The second-order valence-electron chi connectivity index (χ2n) is 5.80. The zero-order valence-corrected chi connectivity index (χ0v) is 15.3. The lowest BCUT2D eigenvalue weighted by atomic mass is 10.2. The summed E-state index contributed by atoms with van der Waals surface area (Å²) in [7, 11) is 0. The predicted molar refractivity (Wildman–Crippen MR) is 108 cm³/mol. The first-order chi connectivity index (χ1) is 13.3. The van der Waals surface area contributed by atoms with E-state index >= 15 is 0 Å². The molecule has 1 aromatic carbocycles. The minimum atomic E-state index is -0.122. The molecular weight excluding hydrogens is 360 g/mol. The first kappa shape index (κ1) is 17.1. The minimum absolute atomic E-state index is 0.122. The normalized spacial score (nSPS) is 10.7. The van der Waals surface area contributed by atoms with Gasteiger partial charge in [-0.25, -0.2) is 4.98 Å². The number of ether oxygens (including phenoxy) is 1. The van der Waals surface area contributed by atoms with Crippen molar-refractivity contribution in [1.29, 1.82) is 0 Å². The zero-order chi connectivity index (χ0) is 18.5. The Bertz CT molecular complexity index is 1040. The van der Waals surface area contributed by atoms with Crippen LogP contribution in [0.1, 0.15) is 9.67 Å². The molecule has 3 N–H and O–H groups in total. The molecule has 0 unspecified atom stereocenters. The second-order valence-corrected chi connectivity index (χ2v) is 6.72. The summed E-state index contributed by atoms with van der Waals surface area (Å²) >= 11 is 1.40. The first-order valence-corrected chi connectivity index (χ1v) is 9.42. The molecule has 7 heteroatoms. The van der Waals surface area contributed by atoms with Crippen molar-refractivity contribution in [3.8, 4) is 5.75 Å². The van der Waals surface area contributed by atoms with Gasteiger partial charge in [0.25, 0.3) is 5.91 Å². The van der Waals surface area contributed by atoms with Crippen LogP contribution in [0.15, 0.2) is 66.3 Å². The Hall–Kier alpha value is -3.32. The van der Waals surface area contributed by atoms with Crippen LogP contribution in [0.3, 0.4) is 0 Å². The van der Waals surface area contributed by atoms with E-state index in [1.165, 1.54) is 11.3 Å². The SMILES string of the molecule is O=C(NCCOc1ccccc1)c1sccc1Nc1ccnc2[nH]ccc12. The lowest BCUT2D eigenvalue weighted by Crippen LogP contribution is -2.27. The maximum Gasteiger partial charge on any atom is 0.263 e. The Morgan fingerprint density at radius 1 is 1.11 bits per heavy atom. The molecule has 0 aliphatic heterocycles. The van der Waals surface area contributed by atoms with E-state index in [0.717, 1.165) is 28.2 Å². The summed E-state index contributed by atoms with van der Waals surface area (Å²) < 4.78 is 5.60. The number of H-pyrrole nitrogens is 1. The van der Waals surface area contributed by atoms with E-state index in [1.807, 2.05) is 60.1 Å². The van der Waals surface area contributed by atoms with Gasteiger partial charge < -0.3 is 20.4 Å². The maximum atomic E-state index is 12.5. The summed E-state index contributed by atoms with van der Waals surface area (Å²) in [5.41, 5.74) is 2.48. The smallest absolute Gasteiger partial charge is 0.263 e. The van der Waals surface area contributed by atoms with E-state index in [4.69, 9.17) is 4.74 Å². The number of hydrogen-bond donors (Lipinski definition) is 3. The molecule has 0 bridgehead atoms. The third kappa shape index (κ3) is 3.93. The van der Waals surface area contributed by atoms with Crippen LogP contribution in [0.5, 0.6) is 5.75 Å². The van der Waals surface area contributed by atoms with Gasteiger partial charge in [-0.2, -0.15) is 0 Å². The van der Waals surface area contributed by atoms with E-state index in [0.29, 0.717) is 18.0 Å². The molecule has 0 fully saturated rings. The lowest BCUT2D eigenvalue weighted by molar-refractivity contribution is 0.0952. The van der Waals surface area contributed by atoms with E-state index in [9.17, 15) is 4.79 Å². The molecule has 3 aromatic heterocycles. The highest BCUT2D eigenvalue weighted by atomic mass is 32.1. The molecule has 4 rings (SSSR count). The molecule has 6 nitrogen and oxygen atoms in total. The Labute approximate surface area is 160 Å². The molecule has 0 aliphatic rings. The molecule has 1 amide bonds. The monoisotopic (exact) mass is 378 g/mol. The van der Waals surface area contributed by atoms with Crippen LogP contribution in [0.4, 0.5) is 11.4 Å². The average molecular weight is 378 g/mol. The summed E-state index contributed by atoms with van der Waals surface area (Å²) in [4.78, 5) is 20.5. The largest absolute Gasteiger partial charge is 0.492 e. The molecule has 0 atom stereocenters. The van der Waals surface area contributed by atoms with E-state index in [1.54, 1.807) is 6.20 Å². The van der Waals surface area contributed by atoms with Gasteiger partial charge >= 0.3 is 0 Å². The highest BCUT2D eigenvalue weighted by Gasteiger charge is 2.14. The Morgan fingerprint density at radius 2 is 2.00 bits per heavy atom. The number of anilines is 2. The molecule has 0 spiro atoms. The van der Waals surface area contributed by atoms with Gasteiger partial charge in [-0.15, -0.1) is 11.3 Å². The number of pyridine rings is 1. The summed E-state index contributed by atoms with van der Waals surface area (Å²) in [6.45, 7) is 0.848. The molecule has 4 aromatic rings. The standard InChI is InChI=1S/C20H18N4O2S/c25-20(23-11-12-26-14-4-2-1-3-5-14)18-17(8-13-27-18)24-16-7-10-22-19-15(16)6-9-21-19/h1-10,13H,11-12H2,(H,23,25)(H2,21,22,24). The Morgan fingerprint density at radius 3 is 2.89 bits per heavy atom. The van der Waals surface area contributed by atoms with Crippen molar-refractivity contribution in [3.05, 3.63) is 71.2 Å². The van der Waals surface area contributed by atoms with Crippen molar-refractivity contribution in [2.45, 2.75) is 0 Å². The molecule has 136 valence electrons. The maximum absolute atomic E-state index is 12.5. The lowest BCUT2D eigenvalue weighted by Gasteiger charge is -2.10. The van der Waals surface area contributed by atoms with Crippen LogP contribution in [0.2, 0.25) is 0 Å². The molecule has 27 heavy (non-hydrogen) atoms.